The molecule has 3 heteroatoms. The maximum Gasteiger partial charge on any atom is 0.125 e. The van der Waals surface area contributed by atoms with Gasteiger partial charge >= 0.3 is 0 Å². The lowest BCUT2D eigenvalue weighted by Crippen LogP contribution is -2.43. The minimum absolute atomic E-state index is 0.0300. The van der Waals surface area contributed by atoms with Gasteiger partial charge in [-0.3, -0.25) is 0 Å². The normalized spacial score (nSPS) is 31.3. The van der Waals surface area contributed by atoms with Crippen LogP contribution in [0.25, 0.3) is 0 Å². The van der Waals surface area contributed by atoms with Crippen molar-refractivity contribution in [2.75, 3.05) is 7.05 Å². The molecule has 0 radical (unpaired) electrons. The maximum atomic E-state index is 6.56. The van der Waals surface area contributed by atoms with Gasteiger partial charge in [-0.1, -0.05) is 29.8 Å². The summed E-state index contributed by atoms with van der Waals surface area (Å²) in [6, 6.07) is 6.81. The Bertz CT molecular complexity index is 528. The average Bonchev–Trinajstić information content (AvgIpc) is 2.58. The van der Waals surface area contributed by atoms with E-state index in [-0.39, 0.29) is 5.60 Å². The van der Waals surface area contributed by atoms with Crippen molar-refractivity contribution in [1.82, 2.24) is 5.32 Å². The molecule has 116 valence electrons. The van der Waals surface area contributed by atoms with E-state index in [1.807, 2.05) is 0 Å². The second-order valence-electron chi connectivity index (χ2n) is 7.53. The molecule has 1 aromatic carbocycles. The summed E-state index contributed by atoms with van der Waals surface area (Å²) >= 11 is 3.58. The van der Waals surface area contributed by atoms with E-state index in [9.17, 15) is 0 Å². The van der Waals surface area contributed by atoms with Crippen LogP contribution in [0.3, 0.4) is 0 Å². The van der Waals surface area contributed by atoms with E-state index in [1.54, 1.807) is 0 Å². The average molecular weight is 352 g/mol. The third kappa shape index (κ3) is 3.14. The van der Waals surface area contributed by atoms with Crippen LogP contribution in [0.2, 0.25) is 0 Å². The molecule has 1 spiro atoms. The molecule has 1 aromatic rings. The lowest BCUT2D eigenvalue weighted by atomic mass is 9.80. The van der Waals surface area contributed by atoms with Crippen molar-refractivity contribution in [3.8, 4) is 5.75 Å². The summed E-state index contributed by atoms with van der Waals surface area (Å²) in [5.41, 5.74) is 1.78. The molecule has 1 saturated carbocycles. The number of halogens is 1. The first-order chi connectivity index (χ1) is 9.93. The molecule has 1 N–H and O–H groups in total. The van der Waals surface area contributed by atoms with E-state index >= 15 is 0 Å². The monoisotopic (exact) mass is 351 g/mol. The van der Waals surface area contributed by atoms with Gasteiger partial charge in [0.25, 0.3) is 0 Å². The number of hydrogen-bond donors (Lipinski definition) is 1. The number of hydrogen-bond acceptors (Lipinski definition) is 2. The molecule has 1 heterocycles. The van der Waals surface area contributed by atoms with Crippen molar-refractivity contribution < 1.29 is 4.74 Å². The zero-order chi connectivity index (χ0) is 15.1. The molecular formula is C18H26BrNO. The Morgan fingerprint density at radius 1 is 1.19 bits per heavy atom. The van der Waals surface area contributed by atoms with Crippen LogP contribution >= 0.6 is 15.9 Å². The highest BCUT2D eigenvalue weighted by Crippen LogP contribution is 2.48. The summed E-state index contributed by atoms with van der Waals surface area (Å²) in [5, 5.41) is 3.50. The first-order valence-corrected chi connectivity index (χ1v) is 8.88. The minimum atomic E-state index is 0.0300. The minimum Gasteiger partial charge on any atom is -0.487 e. The van der Waals surface area contributed by atoms with Crippen LogP contribution in [0.5, 0.6) is 5.75 Å². The summed E-state index contributed by atoms with van der Waals surface area (Å²) in [4.78, 5) is 0. The van der Waals surface area contributed by atoms with Gasteiger partial charge in [0.05, 0.1) is 0 Å². The Labute approximate surface area is 136 Å². The second kappa shape index (κ2) is 5.58. The Morgan fingerprint density at radius 3 is 2.76 bits per heavy atom. The molecule has 1 aliphatic carbocycles. The van der Waals surface area contributed by atoms with E-state index < -0.39 is 0 Å². The number of nitrogens with one attached hydrogen (secondary N) is 1. The molecule has 2 aliphatic rings. The predicted octanol–water partition coefficient (Wildman–Crippen LogP) is 5.22. The lowest BCUT2D eigenvalue weighted by molar-refractivity contribution is 0.0148. The van der Waals surface area contributed by atoms with Gasteiger partial charge in [0, 0.05) is 22.5 Å². The molecule has 2 atom stereocenters. The third-order valence-electron chi connectivity index (χ3n) is 5.34. The first-order valence-electron chi connectivity index (χ1n) is 8.09. The van der Waals surface area contributed by atoms with Crippen LogP contribution in [-0.4, -0.2) is 12.6 Å². The fraction of sp³-hybridized carbons (Fsp3) is 0.667. The van der Waals surface area contributed by atoms with E-state index in [0.29, 0.717) is 11.5 Å². The zero-order valence-electron chi connectivity index (χ0n) is 13.3. The second-order valence-corrected chi connectivity index (χ2v) is 8.45. The highest BCUT2D eigenvalue weighted by Gasteiger charge is 2.43. The first kappa shape index (κ1) is 15.4. The topological polar surface area (TPSA) is 21.3 Å². The van der Waals surface area contributed by atoms with Crippen molar-refractivity contribution >= 4 is 15.9 Å². The summed E-state index contributed by atoms with van der Waals surface area (Å²) < 4.78 is 7.69. The van der Waals surface area contributed by atoms with E-state index in [1.165, 1.54) is 37.7 Å². The Kier molecular flexibility index (Phi) is 4.08. The van der Waals surface area contributed by atoms with Crippen LogP contribution in [0, 0.1) is 5.41 Å². The summed E-state index contributed by atoms with van der Waals surface area (Å²) in [6.45, 7) is 4.80. The molecule has 0 aromatic heterocycles. The Balaban J connectivity index is 1.91. The van der Waals surface area contributed by atoms with Gasteiger partial charge in [-0.2, -0.15) is 0 Å². The largest absolute Gasteiger partial charge is 0.487 e. The molecule has 1 fully saturated rings. The SMILES string of the molecule is CNC1CC2(CCCC(C)(C)CC2)Oc2ccc(Br)cc21. The molecule has 2 unspecified atom stereocenters. The molecule has 2 nitrogen and oxygen atoms in total. The molecule has 0 saturated heterocycles. The predicted molar refractivity (Wildman–Crippen MR) is 90.8 cm³/mol. The van der Waals surface area contributed by atoms with Crippen LogP contribution in [0.1, 0.15) is 64.0 Å². The molecular weight excluding hydrogens is 326 g/mol. The standard InChI is InChI=1S/C18H26BrNO/c1-17(2)7-4-8-18(10-9-17)12-15(20-3)14-11-13(19)5-6-16(14)21-18/h5-6,11,15,20H,4,7-10,12H2,1-3H3. The van der Waals surface area contributed by atoms with Gasteiger partial charge in [-0.05, 0) is 62.8 Å². The van der Waals surface area contributed by atoms with Gasteiger partial charge in [0.15, 0.2) is 0 Å². The quantitative estimate of drug-likeness (QED) is 0.748. The van der Waals surface area contributed by atoms with Gasteiger partial charge in [-0.15, -0.1) is 0 Å². The zero-order valence-corrected chi connectivity index (χ0v) is 14.9. The molecule has 0 amide bonds. The molecule has 1 aliphatic heterocycles. The van der Waals surface area contributed by atoms with Crippen LogP contribution in [-0.2, 0) is 0 Å². The number of fused-ring (bicyclic) bond motifs is 1. The van der Waals surface area contributed by atoms with E-state index in [0.717, 1.165) is 16.6 Å². The molecule has 21 heavy (non-hydrogen) atoms. The van der Waals surface area contributed by atoms with Crippen molar-refractivity contribution in [1.29, 1.82) is 0 Å². The van der Waals surface area contributed by atoms with Gasteiger partial charge < -0.3 is 10.1 Å². The lowest BCUT2D eigenvalue weighted by Gasteiger charge is -2.42. The molecule has 0 bridgehead atoms. The van der Waals surface area contributed by atoms with Crippen molar-refractivity contribution in [2.24, 2.45) is 5.41 Å². The van der Waals surface area contributed by atoms with E-state index in [4.69, 9.17) is 4.74 Å². The van der Waals surface area contributed by atoms with Gasteiger partial charge in [-0.25, -0.2) is 0 Å². The summed E-state index contributed by atoms with van der Waals surface area (Å²) in [5.74, 6) is 1.07. The van der Waals surface area contributed by atoms with Crippen molar-refractivity contribution in [3.05, 3.63) is 28.2 Å². The Hall–Kier alpha value is -0.540. The maximum absolute atomic E-state index is 6.56. The van der Waals surface area contributed by atoms with Gasteiger partial charge in [0.1, 0.15) is 11.4 Å². The smallest absolute Gasteiger partial charge is 0.125 e. The van der Waals surface area contributed by atoms with Gasteiger partial charge in [0.2, 0.25) is 0 Å². The number of ether oxygens (including phenoxy) is 1. The third-order valence-corrected chi connectivity index (χ3v) is 5.83. The van der Waals surface area contributed by atoms with E-state index in [2.05, 4.69) is 60.3 Å². The fourth-order valence-electron chi connectivity index (χ4n) is 3.91. The molecule has 3 rings (SSSR count). The highest BCUT2D eigenvalue weighted by molar-refractivity contribution is 9.10. The van der Waals surface area contributed by atoms with Crippen molar-refractivity contribution in [2.45, 2.75) is 64.0 Å². The van der Waals surface area contributed by atoms with Crippen LogP contribution in [0.4, 0.5) is 0 Å². The summed E-state index contributed by atoms with van der Waals surface area (Å²) in [7, 11) is 2.06. The number of rotatable bonds is 1. The highest BCUT2D eigenvalue weighted by atomic mass is 79.9. The van der Waals surface area contributed by atoms with Crippen LogP contribution in [0.15, 0.2) is 22.7 Å². The van der Waals surface area contributed by atoms with Crippen molar-refractivity contribution in [3.63, 3.8) is 0 Å². The number of benzene rings is 1. The summed E-state index contributed by atoms with van der Waals surface area (Å²) in [6.07, 6.45) is 7.29. The Morgan fingerprint density at radius 2 is 2.00 bits per heavy atom. The van der Waals surface area contributed by atoms with Crippen LogP contribution < -0.4 is 10.1 Å². The fourth-order valence-corrected chi connectivity index (χ4v) is 4.29.